The second-order valence-electron chi connectivity index (χ2n) is 3.65. The Labute approximate surface area is 106 Å². The minimum Gasteiger partial charge on any atom is -0.384 e. The molecule has 7 heteroatoms. The Hall–Kier alpha value is -2.57. The van der Waals surface area contributed by atoms with Crippen molar-refractivity contribution in [3.05, 3.63) is 53.5 Å². The number of nitrogens with zero attached hydrogens (tertiary/aromatic N) is 1. The van der Waals surface area contributed by atoms with E-state index in [1.807, 2.05) is 5.32 Å². The average molecular weight is 267 g/mol. The molecule has 3 N–H and O–H groups in total. The second-order valence-corrected chi connectivity index (χ2v) is 3.65. The van der Waals surface area contributed by atoms with Gasteiger partial charge < -0.3 is 11.1 Å². The van der Waals surface area contributed by atoms with Gasteiger partial charge >= 0.3 is 0 Å². The van der Waals surface area contributed by atoms with Gasteiger partial charge in [-0.25, -0.2) is 18.2 Å². The predicted molar refractivity (Wildman–Crippen MR) is 62.9 cm³/mol. The monoisotopic (exact) mass is 267 g/mol. The quantitative estimate of drug-likeness (QED) is 0.877. The smallest absolute Gasteiger partial charge is 0.274 e. The Balaban J connectivity index is 2.29. The number of carbonyl (C=O) groups excluding carboxylic acids is 1. The number of hydrogen-bond donors (Lipinski definition) is 2. The lowest BCUT2D eigenvalue weighted by atomic mass is 10.2. The molecule has 1 amide bonds. The van der Waals surface area contributed by atoms with E-state index >= 15 is 0 Å². The topological polar surface area (TPSA) is 68.0 Å². The van der Waals surface area contributed by atoms with Crippen LogP contribution in [-0.4, -0.2) is 10.9 Å². The molecule has 1 aromatic heterocycles. The highest BCUT2D eigenvalue weighted by Gasteiger charge is 2.16. The Morgan fingerprint density at radius 3 is 2.37 bits per heavy atom. The van der Waals surface area contributed by atoms with Crippen LogP contribution >= 0.6 is 0 Å². The summed E-state index contributed by atoms with van der Waals surface area (Å²) in [5.41, 5.74) is 4.53. The van der Waals surface area contributed by atoms with E-state index in [1.54, 1.807) is 0 Å². The van der Waals surface area contributed by atoms with E-state index in [0.717, 1.165) is 0 Å². The average Bonchev–Trinajstić information content (AvgIpc) is 2.33. The first-order chi connectivity index (χ1) is 8.97. The van der Waals surface area contributed by atoms with Crippen molar-refractivity contribution in [1.29, 1.82) is 0 Å². The van der Waals surface area contributed by atoms with Crippen LogP contribution in [0.15, 0.2) is 30.3 Å². The second kappa shape index (κ2) is 4.97. The molecule has 0 saturated carbocycles. The molecule has 0 atom stereocenters. The zero-order valence-electron chi connectivity index (χ0n) is 9.45. The van der Waals surface area contributed by atoms with E-state index in [2.05, 4.69) is 4.98 Å². The van der Waals surface area contributed by atoms with Gasteiger partial charge in [-0.3, -0.25) is 4.79 Å². The van der Waals surface area contributed by atoms with Crippen molar-refractivity contribution < 1.29 is 18.0 Å². The van der Waals surface area contributed by atoms with E-state index < -0.39 is 29.0 Å². The summed E-state index contributed by atoms with van der Waals surface area (Å²) in [6.07, 6.45) is 0. The molecule has 0 fully saturated rings. The zero-order valence-corrected chi connectivity index (χ0v) is 9.45. The Bertz CT molecular complexity index is 623. The normalized spacial score (nSPS) is 10.3. The number of nitrogen functional groups attached to an aromatic ring is 1. The lowest BCUT2D eigenvalue weighted by Gasteiger charge is -2.07. The molecule has 2 rings (SSSR count). The van der Waals surface area contributed by atoms with Gasteiger partial charge in [-0.05, 0) is 12.1 Å². The fourth-order valence-electron chi connectivity index (χ4n) is 1.42. The summed E-state index contributed by atoms with van der Waals surface area (Å²) in [5.74, 6) is -4.26. The maximum absolute atomic E-state index is 13.3. The summed E-state index contributed by atoms with van der Waals surface area (Å²) in [6.45, 7) is 0. The maximum Gasteiger partial charge on any atom is 0.274 e. The van der Waals surface area contributed by atoms with Gasteiger partial charge in [0.15, 0.2) is 11.6 Å². The number of aromatic nitrogens is 1. The zero-order chi connectivity index (χ0) is 14.0. The van der Waals surface area contributed by atoms with E-state index in [0.29, 0.717) is 12.1 Å². The van der Waals surface area contributed by atoms with Crippen molar-refractivity contribution in [2.45, 2.75) is 0 Å². The van der Waals surface area contributed by atoms with Gasteiger partial charge in [0.1, 0.15) is 23.0 Å². The van der Waals surface area contributed by atoms with Crippen LogP contribution in [0.5, 0.6) is 0 Å². The molecule has 98 valence electrons. The summed E-state index contributed by atoms with van der Waals surface area (Å²) in [7, 11) is 0. The number of amides is 1. The first-order valence-electron chi connectivity index (χ1n) is 5.16. The van der Waals surface area contributed by atoms with Crippen molar-refractivity contribution in [2.75, 3.05) is 11.1 Å². The van der Waals surface area contributed by atoms with Crippen LogP contribution < -0.4 is 11.1 Å². The molecule has 4 nitrogen and oxygen atoms in total. The lowest BCUT2D eigenvalue weighted by molar-refractivity contribution is 0.102. The predicted octanol–water partition coefficient (Wildman–Crippen LogP) is 2.33. The summed E-state index contributed by atoms with van der Waals surface area (Å²) in [4.78, 5) is 15.4. The molecule has 0 aliphatic heterocycles. The van der Waals surface area contributed by atoms with Gasteiger partial charge in [0, 0.05) is 12.1 Å². The highest BCUT2D eigenvalue weighted by atomic mass is 19.1. The van der Waals surface area contributed by atoms with Crippen LogP contribution in [0.1, 0.15) is 10.5 Å². The first kappa shape index (κ1) is 12.9. The number of carbonyl (C=O) groups is 1. The number of anilines is 2. The van der Waals surface area contributed by atoms with Gasteiger partial charge in [-0.15, -0.1) is 0 Å². The van der Waals surface area contributed by atoms with E-state index in [1.165, 1.54) is 18.2 Å². The number of rotatable bonds is 2. The Morgan fingerprint density at radius 1 is 1.16 bits per heavy atom. The van der Waals surface area contributed by atoms with Crippen LogP contribution in [0, 0.1) is 17.5 Å². The van der Waals surface area contributed by atoms with E-state index in [-0.39, 0.29) is 11.5 Å². The molecule has 0 unspecified atom stereocenters. The molecule has 1 aromatic carbocycles. The third-order valence-corrected chi connectivity index (χ3v) is 2.25. The highest BCUT2D eigenvalue weighted by molar-refractivity contribution is 6.03. The summed E-state index contributed by atoms with van der Waals surface area (Å²) < 4.78 is 39.4. The molecule has 0 saturated heterocycles. The number of nitrogens with two attached hydrogens (primary N) is 1. The Kier molecular flexibility index (Phi) is 3.37. The van der Waals surface area contributed by atoms with Crippen molar-refractivity contribution in [3.8, 4) is 0 Å². The number of pyridine rings is 1. The molecule has 0 bridgehead atoms. The molecule has 0 radical (unpaired) electrons. The molecule has 19 heavy (non-hydrogen) atoms. The molecular formula is C12H8F3N3O. The molecule has 1 heterocycles. The first-order valence-corrected chi connectivity index (χ1v) is 5.16. The number of halogens is 3. The maximum atomic E-state index is 13.3. The van der Waals surface area contributed by atoms with Crippen LogP contribution in [0.3, 0.4) is 0 Å². The standard InChI is InChI=1S/C12H8F3N3O/c13-6-4-7(14)11(8(15)5-6)18-12(19)9-2-1-3-10(16)17-9/h1-5H,(H2,16,17)(H,18,19). The molecular weight excluding hydrogens is 259 g/mol. The van der Waals surface area contributed by atoms with E-state index in [4.69, 9.17) is 5.73 Å². The minimum absolute atomic E-state index is 0.0905. The van der Waals surface area contributed by atoms with Gasteiger partial charge in [0.25, 0.3) is 5.91 Å². The van der Waals surface area contributed by atoms with Crippen molar-refractivity contribution in [1.82, 2.24) is 4.98 Å². The van der Waals surface area contributed by atoms with Gasteiger partial charge in [-0.1, -0.05) is 6.07 Å². The molecule has 0 spiro atoms. The summed E-state index contributed by atoms with van der Waals surface area (Å²) in [6, 6.07) is 5.17. The third-order valence-electron chi connectivity index (χ3n) is 2.25. The van der Waals surface area contributed by atoms with E-state index in [9.17, 15) is 18.0 Å². The largest absolute Gasteiger partial charge is 0.384 e. The van der Waals surface area contributed by atoms with Crippen LogP contribution in [0.25, 0.3) is 0 Å². The van der Waals surface area contributed by atoms with Crippen LogP contribution in [-0.2, 0) is 0 Å². The molecule has 0 aliphatic carbocycles. The van der Waals surface area contributed by atoms with Crippen molar-refractivity contribution in [2.24, 2.45) is 0 Å². The lowest BCUT2D eigenvalue weighted by Crippen LogP contribution is -2.16. The number of hydrogen-bond acceptors (Lipinski definition) is 3. The van der Waals surface area contributed by atoms with Crippen LogP contribution in [0.4, 0.5) is 24.7 Å². The summed E-state index contributed by atoms with van der Waals surface area (Å²) >= 11 is 0. The van der Waals surface area contributed by atoms with Crippen molar-refractivity contribution >= 4 is 17.4 Å². The number of nitrogens with one attached hydrogen (secondary N) is 1. The van der Waals surface area contributed by atoms with Gasteiger partial charge in [0.05, 0.1) is 0 Å². The Morgan fingerprint density at radius 2 is 1.79 bits per heavy atom. The van der Waals surface area contributed by atoms with Gasteiger partial charge in [0.2, 0.25) is 0 Å². The number of benzene rings is 1. The fraction of sp³-hybridized carbons (Fsp3) is 0. The molecule has 2 aromatic rings. The van der Waals surface area contributed by atoms with Gasteiger partial charge in [-0.2, -0.15) is 0 Å². The fourth-order valence-corrected chi connectivity index (χ4v) is 1.42. The summed E-state index contributed by atoms with van der Waals surface area (Å²) in [5, 5.41) is 1.98. The van der Waals surface area contributed by atoms with Crippen LogP contribution in [0.2, 0.25) is 0 Å². The minimum atomic E-state index is -1.21. The highest BCUT2D eigenvalue weighted by Crippen LogP contribution is 2.20. The third kappa shape index (κ3) is 2.82. The van der Waals surface area contributed by atoms with Crippen molar-refractivity contribution in [3.63, 3.8) is 0 Å². The molecule has 0 aliphatic rings. The SMILES string of the molecule is Nc1cccc(C(=O)Nc2c(F)cc(F)cc2F)n1.